The summed E-state index contributed by atoms with van der Waals surface area (Å²) >= 11 is 0.644. The number of hydrogen-bond donors (Lipinski definition) is 1. The zero-order valence-corrected chi connectivity index (χ0v) is 17.1. The van der Waals surface area contributed by atoms with Crippen molar-refractivity contribution in [3.63, 3.8) is 0 Å². The molecule has 0 aliphatic carbocycles. The topological polar surface area (TPSA) is 75.7 Å². The summed E-state index contributed by atoms with van der Waals surface area (Å²) in [5, 5.41) is 1.34. The number of ether oxygens (including phenoxy) is 1. The molecule has 0 unspecified atom stereocenters. The molecule has 1 heterocycles. The van der Waals surface area contributed by atoms with Crippen LogP contribution >= 0.6 is 11.8 Å². The molecule has 6 nitrogen and oxygen atoms in total. The zero-order valence-electron chi connectivity index (χ0n) is 16.3. The van der Waals surface area contributed by atoms with Crippen LogP contribution in [0.5, 0.6) is 5.75 Å². The number of amides is 3. The first-order valence-corrected chi connectivity index (χ1v) is 10.0. The minimum absolute atomic E-state index is 0.0874. The molecule has 0 radical (unpaired) electrons. The second-order valence-corrected chi connectivity index (χ2v) is 7.42. The van der Waals surface area contributed by atoms with E-state index in [2.05, 4.69) is 0 Å². The number of nitrogens with zero attached hydrogens (tertiary/aromatic N) is 1. The van der Waals surface area contributed by atoms with Gasteiger partial charge in [-0.3, -0.25) is 19.3 Å². The first kappa shape index (κ1) is 22.4. The van der Waals surface area contributed by atoms with E-state index >= 15 is 0 Å². The first-order valence-electron chi connectivity index (χ1n) is 9.22. The van der Waals surface area contributed by atoms with Crippen molar-refractivity contribution in [2.45, 2.75) is 13.3 Å². The summed E-state index contributed by atoms with van der Waals surface area (Å²) in [5.41, 5.74) is -0.0110. The Hall–Kier alpha value is -3.27. The second kappa shape index (κ2) is 9.69. The monoisotopic (exact) mass is 450 g/mol. The van der Waals surface area contributed by atoms with Gasteiger partial charge in [-0.25, -0.2) is 13.2 Å². The van der Waals surface area contributed by atoms with Crippen LogP contribution < -0.4 is 10.1 Å². The van der Waals surface area contributed by atoms with E-state index in [1.54, 1.807) is 24.3 Å². The summed E-state index contributed by atoms with van der Waals surface area (Å²) in [6, 6.07) is 8.46. The van der Waals surface area contributed by atoms with Crippen molar-refractivity contribution in [1.82, 2.24) is 4.90 Å². The molecule has 0 bridgehead atoms. The van der Waals surface area contributed by atoms with Gasteiger partial charge < -0.3 is 10.1 Å². The minimum atomic E-state index is -1.74. The average molecular weight is 450 g/mol. The normalized spacial score (nSPS) is 15.0. The maximum atomic E-state index is 13.7. The van der Waals surface area contributed by atoms with E-state index < -0.39 is 46.7 Å². The van der Waals surface area contributed by atoms with Crippen molar-refractivity contribution in [2.75, 3.05) is 18.5 Å². The SMILES string of the molecule is CCCOc1ccccc1/C=C1/SC(=O)N(CC(=O)Nc2ccc(F)c(F)c2F)C1=O. The number of para-hydroxylation sites is 1. The van der Waals surface area contributed by atoms with Gasteiger partial charge in [-0.2, -0.15) is 0 Å². The van der Waals surface area contributed by atoms with E-state index in [9.17, 15) is 27.6 Å². The fourth-order valence-electron chi connectivity index (χ4n) is 2.68. The molecule has 0 aromatic heterocycles. The van der Waals surface area contributed by atoms with Gasteiger partial charge in [0.2, 0.25) is 5.91 Å². The number of halogens is 3. The first-order chi connectivity index (χ1) is 14.8. The van der Waals surface area contributed by atoms with Crippen molar-refractivity contribution in [3.8, 4) is 5.75 Å². The van der Waals surface area contributed by atoms with Crippen LogP contribution in [0.4, 0.5) is 23.7 Å². The highest BCUT2D eigenvalue weighted by Gasteiger charge is 2.36. The molecule has 2 aromatic rings. The lowest BCUT2D eigenvalue weighted by atomic mass is 10.2. The fourth-order valence-corrected chi connectivity index (χ4v) is 3.51. The van der Waals surface area contributed by atoms with E-state index in [1.807, 2.05) is 12.2 Å². The highest BCUT2D eigenvalue weighted by atomic mass is 32.2. The van der Waals surface area contributed by atoms with Crippen LogP contribution in [0.2, 0.25) is 0 Å². The van der Waals surface area contributed by atoms with E-state index in [0.717, 1.165) is 12.5 Å². The molecule has 0 atom stereocenters. The predicted molar refractivity (Wildman–Crippen MR) is 110 cm³/mol. The van der Waals surface area contributed by atoms with Gasteiger partial charge in [-0.1, -0.05) is 25.1 Å². The summed E-state index contributed by atoms with van der Waals surface area (Å²) < 4.78 is 45.6. The van der Waals surface area contributed by atoms with Gasteiger partial charge >= 0.3 is 0 Å². The molecule has 162 valence electrons. The van der Waals surface area contributed by atoms with Crippen LogP contribution in [-0.2, 0) is 9.59 Å². The third kappa shape index (κ3) is 5.08. The Morgan fingerprint density at radius 2 is 1.87 bits per heavy atom. The van der Waals surface area contributed by atoms with Gasteiger partial charge in [0.1, 0.15) is 12.3 Å². The Balaban J connectivity index is 1.73. The molecule has 1 N–H and O–H groups in total. The van der Waals surface area contributed by atoms with Gasteiger partial charge in [-0.15, -0.1) is 0 Å². The third-order valence-corrected chi connectivity index (χ3v) is 5.06. The van der Waals surface area contributed by atoms with Crippen LogP contribution in [-0.4, -0.2) is 35.1 Å². The van der Waals surface area contributed by atoms with Gasteiger partial charge in [-0.05, 0) is 42.5 Å². The molecule has 0 saturated carbocycles. The number of benzene rings is 2. The van der Waals surface area contributed by atoms with E-state index in [0.29, 0.717) is 40.6 Å². The molecule has 0 spiro atoms. The molecule has 10 heteroatoms. The van der Waals surface area contributed by atoms with E-state index in [1.165, 1.54) is 6.08 Å². The van der Waals surface area contributed by atoms with Gasteiger partial charge in [0.15, 0.2) is 17.5 Å². The standard InChI is InChI=1S/C21H17F3N2O4S/c1-2-9-30-15-6-4-3-5-12(15)10-16-20(28)26(21(29)31-16)11-17(27)25-14-8-7-13(22)18(23)19(14)24/h3-8,10H,2,9,11H2,1H3,(H,25,27)/b16-10+. The minimum Gasteiger partial charge on any atom is -0.493 e. The number of anilines is 1. The molecule has 1 aliphatic rings. The van der Waals surface area contributed by atoms with Gasteiger partial charge in [0, 0.05) is 5.56 Å². The molecular weight excluding hydrogens is 433 g/mol. The number of thioether (sulfide) groups is 1. The lowest BCUT2D eigenvalue weighted by Gasteiger charge is -2.13. The summed E-state index contributed by atoms with van der Waals surface area (Å²) in [4.78, 5) is 37.8. The van der Waals surface area contributed by atoms with Crippen molar-refractivity contribution in [2.24, 2.45) is 0 Å². The lowest BCUT2D eigenvalue weighted by Crippen LogP contribution is -2.36. The molecule has 1 fully saturated rings. The average Bonchev–Trinajstić information content (AvgIpc) is 3.01. The highest BCUT2D eigenvalue weighted by molar-refractivity contribution is 8.18. The number of imide groups is 1. The molecule has 3 rings (SSSR count). The molecule has 2 aromatic carbocycles. The summed E-state index contributed by atoms with van der Waals surface area (Å²) in [5.74, 6) is -5.83. The van der Waals surface area contributed by atoms with Gasteiger partial charge in [0.25, 0.3) is 11.1 Å². The Bertz CT molecular complexity index is 1070. The largest absolute Gasteiger partial charge is 0.493 e. The maximum Gasteiger partial charge on any atom is 0.294 e. The summed E-state index contributed by atoms with van der Waals surface area (Å²) in [6.07, 6.45) is 2.28. The van der Waals surface area contributed by atoms with Crippen molar-refractivity contribution >= 4 is 40.6 Å². The Labute approximate surface area is 180 Å². The number of rotatable bonds is 7. The van der Waals surface area contributed by atoms with Gasteiger partial charge in [0.05, 0.1) is 17.2 Å². The molecular formula is C21H17F3N2O4S. The van der Waals surface area contributed by atoms with Crippen molar-refractivity contribution < 1.29 is 32.3 Å². The van der Waals surface area contributed by atoms with Crippen LogP contribution in [0, 0.1) is 17.5 Å². The molecule has 3 amide bonds. The van der Waals surface area contributed by atoms with Crippen molar-refractivity contribution in [3.05, 3.63) is 64.3 Å². The van der Waals surface area contributed by atoms with E-state index in [4.69, 9.17) is 4.74 Å². The zero-order chi connectivity index (χ0) is 22.5. The smallest absolute Gasteiger partial charge is 0.294 e. The number of hydrogen-bond acceptors (Lipinski definition) is 5. The number of nitrogens with one attached hydrogen (secondary N) is 1. The summed E-state index contributed by atoms with van der Waals surface area (Å²) in [6.45, 7) is 1.71. The van der Waals surface area contributed by atoms with Crippen molar-refractivity contribution in [1.29, 1.82) is 0 Å². The Morgan fingerprint density at radius 3 is 2.61 bits per heavy atom. The van der Waals surface area contributed by atoms with Crippen LogP contribution in [0.1, 0.15) is 18.9 Å². The summed E-state index contributed by atoms with van der Waals surface area (Å²) in [7, 11) is 0. The third-order valence-electron chi connectivity index (χ3n) is 4.15. The number of carbonyl (C=O) groups excluding carboxylic acids is 3. The molecule has 1 aliphatic heterocycles. The van der Waals surface area contributed by atoms with Crippen LogP contribution in [0.15, 0.2) is 41.3 Å². The Kier molecular flexibility index (Phi) is 7.01. The van der Waals surface area contributed by atoms with Crippen LogP contribution in [0.3, 0.4) is 0 Å². The lowest BCUT2D eigenvalue weighted by molar-refractivity contribution is -0.127. The second-order valence-electron chi connectivity index (χ2n) is 6.43. The highest BCUT2D eigenvalue weighted by Crippen LogP contribution is 2.34. The maximum absolute atomic E-state index is 13.7. The quantitative estimate of drug-likeness (QED) is 0.494. The van der Waals surface area contributed by atoms with E-state index in [-0.39, 0.29) is 4.91 Å². The van der Waals surface area contributed by atoms with Crippen LogP contribution in [0.25, 0.3) is 6.08 Å². The number of carbonyl (C=O) groups is 3. The Morgan fingerprint density at radius 1 is 1.13 bits per heavy atom. The molecule has 31 heavy (non-hydrogen) atoms. The fraction of sp³-hybridized carbons (Fsp3) is 0.190. The molecule has 1 saturated heterocycles. The predicted octanol–water partition coefficient (Wildman–Crippen LogP) is 4.57.